The van der Waals surface area contributed by atoms with Crippen molar-refractivity contribution in [2.24, 2.45) is 0 Å². The highest BCUT2D eigenvalue weighted by molar-refractivity contribution is 8.00. The number of hydrogen-bond donors (Lipinski definition) is 2. The largest absolute Gasteiger partial charge is 0.344 e. The lowest BCUT2D eigenvalue weighted by atomic mass is 9.87. The van der Waals surface area contributed by atoms with Gasteiger partial charge in [0.05, 0.1) is 10.8 Å². The van der Waals surface area contributed by atoms with Crippen LogP contribution in [-0.4, -0.2) is 28.6 Å². The van der Waals surface area contributed by atoms with Crippen molar-refractivity contribution in [2.45, 2.75) is 23.8 Å². The Balaban J connectivity index is 1.68. The van der Waals surface area contributed by atoms with Gasteiger partial charge in [-0.15, -0.1) is 11.8 Å². The smallest absolute Gasteiger partial charge is 0.318 e. The average molecular weight is 422 g/mol. The molecule has 0 bridgehead atoms. The van der Waals surface area contributed by atoms with E-state index in [4.69, 9.17) is 11.6 Å². The molecular formula is C19H17ClFN3O3S. The summed E-state index contributed by atoms with van der Waals surface area (Å²) in [6.07, 6.45) is 0.330. The SMILES string of the molecule is CCC1(c2ccccc2)NC(=O)N(NC(=O)CSc2ccc(F)c(Cl)c2)C1=O. The molecule has 3 rings (SSSR count). The third-order valence-corrected chi connectivity index (χ3v) is 5.67. The van der Waals surface area contributed by atoms with E-state index in [0.717, 1.165) is 11.8 Å². The van der Waals surface area contributed by atoms with E-state index >= 15 is 0 Å². The Bertz CT molecular complexity index is 928. The zero-order chi connectivity index (χ0) is 20.3. The predicted octanol–water partition coefficient (Wildman–Crippen LogP) is 3.46. The van der Waals surface area contributed by atoms with Crippen molar-refractivity contribution in [3.05, 3.63) is 64.9 Å². The van der Waals surface area contributed by atoms with Crippen molar-refractivity contribution in [2.75, 3.05) is 5.75 Å². The molecule has 0 aromatic heterocycles. The van der Waals surface area contributed by atoms with Crippen molar-refractivity contribution in [1.82, 2.24) is 15.8 Å². The third kappa shape index (κ3) is 3.83. The standard InChI is InChI=1S/C19H17ClFN3O3S/c1-2-19(12-6-4-3-5-7-12)17(26)24(18(27)22-19)23-16(25)11-28-13-8-9-15(21)14(20)10-13/h3-10H,2,11H2,1H3,(H,22,27)(H,23,25). The van der Waals surface area contributed by atoms with Gasteiger partial charge in [-0.3, -0.25) is 15.0 Å². The molecule has 6 nitrogen and oxygen atoms in total. The molecule has 2 aromatic rings. The quantitative estimate of drug-likeness (QED) is 0.553. The van der Waals surface area contributed by atoms with E-state index in [-0.39, 0.29) is 10.8 Å². The molecule has 2 aromatic carbocycles. The number of thioether (sulfide) groups is 1. The highest BCUT2D eigenvalue weighted by atomic mass is 35.5. The molecule has 2 N–H and O–H groups in total. The molecule has 1 fully saturated rings. The van der Waals surface area contributed by atoms with Crippen molar-refractivity contribution in [1.29, 1.82) is 0 Å². The molecule has 1 aliphatic rings. The summed E-state index contributed by atoms with van der Waals surface area (Å²) in [7, 11) is 0. The Morgan fingerprint density at radius 1 is 1.25 bits per heavy atom. The lowest BCUT2D eigenvalue weighted by Crippen LogP contribution is -2.49. The number of carbonyl (C=O) groups excluding carboxylic acids is 3. The summed E-state index contributed by atoms with van der Waals surface area (Å²) < 4.78 is 13.2. The second-order valence-corrected chi connectivity index (χ2v) is 7.55. The maximum Gasteiger partial charge on any atom is 0.344 e. The fourth-order valence-corrected chi connectivity index (χ4v) is 3.88. The topological polar surface area (TPSA) is 78.5 Å². The van der Waals surface area contributed by atoms with E-state index in [9.17, 15) is 18.8 Å². The van der Waals surface area contributed by atoms with E-state index in [1.807, 2.05) is 6.07 Å². The number of hydrazine groups is 1. The highest BCUT2D eigenvalue weighted by Gasteiger charge is 2.52. The van der Waals surface area contributed by atoms with Gasteiger partial charge in [0, 0.05) is 4.90 Å². The Kier molecular flexibility index (Phi) is 5.90. The minimum atomic E-state index is -1.22. The van der Waals surface area contributed by atoms with Crippen LogP contribution < -0.4 is 10.7 Å². The summed E-state index contributed by atoms with van der Waals surface area (Å²) >= 11 is 6.82. The molecule has 0 radical (unpaired) electrons. The van der Waals surface area contributed by atoms with Crippen molar-refractivity contribution in [3.8, 4) is 0 Å². The number of urea groups is 1. The number of amides is 4. The minimum Gasteiger partial charge on any atom is -0.318 e. The highest BCUT2D eigenvalue weighted by Crippen LogP contribution is 2.31. The molecular weight excluding hydrogens is 405 g/mol. The zero-order valence-corrected chi connectivity index (χ0v) is 16.4. The molecule has 9 heteroatoms. The fourth-order valence-electron chi connectivity index (χ4n) is 2.91. The van der Waals surface area contributed by atoms with Gasteiger partial charge in [-0.1, -0.05) is 48.9 Å². The van der Waals surface area contributed by atoms with Gasteiger partial charge in [0.15, 0.2) is 0 Å². The number of benzene rings is 2. The monoisotopic (exact) mass is 421 g/mol. The molecule has 1 unspecified atom stereocenters. The fraction of sp³-hybridized carbons (Fsp3) is 0.211. The Morgan fingerprint density at radius 2 is 1.96 bits per heavy atom. The number of imide groups is 1. The summed E-state index contributed by atoms with van der Waals surface area (Å²) in [5.74, 6) is -1.72. The van der Waals surface area contributed by atoms with Crippen molar-refractivity contribution >= 4 is 41.2 Å². The van der Waals surface area contributed by atoms with Crippen LogP contribution in [0.3, 0.4) is 0 Å². The Labute approximate surface area is 170 Å². The molecule has 0 aliphatic carbocycles. The molecule has 0 spiro atoms. The first-order chi connectivity index (χ1) is 13.4. The summed E-state index contributed by atoms with van der Waals surface area (Å²) in [5.41, 5.74) is 1.76. The van der Waals surface area contributed by atoms with Gasteiger partial charge in [0.25, 0.3) is 5.91 Å². The summed E-state index contributed by atoms with van der Waals surface area (Å²) in [6, 6.07) is 12.3. The van der Waals surface area contributed by atoms with Crippen molar-refractivity contribution in [3.63, 3.8) is 0 Å². The average Bonchev–Trinajstić information content (AvgIpc) is 2.94. The lowest BCUT2D eigenvalue weighted by Gasteiger charge is -2.25. The first-order valence-electron chi connectivity index (χ1n) is 8.47. The Hall–Kier alpha value is -2.58. The molecule has 146 valence electrons. The van der Waals surface area contributed by atoms with Gasteiger partial charge >= 0.3 is 6.03 Å². The number of halogens is 2. The van der Waals surface area contributed by atoms with Crippen LogP contribution in [0.1, 0.15) is 18.9 Å². The molecule has 1 atom stereocenters. The van der Waals surface area contributed by atoms with Crippen LogP contribution in [0.5, 0.6) is 0 Å². The van der Waals surface area contributed by atoms with Gasteiger partial charge in [-0.05, 0) is 30.2 Å². The number of nitrogens with zero attached hydrogens (tertiary/aromatic N) is 1. The third-order valence-electron chi connectivity index (χ3n) is 4.39. The molecule has 4 amide bonds. The molecule has 1 heterocycles. The van der Waals surface area contributed by atoms with E-state index in [1.165, 1.54) is 18.2 Å². The van der Waals surface area contributed by atoms with E-state index in [2.05, 4.69) is 10.7 Å². The predicted molar refractivity (Wildman–Crippen MR) is 104 cm³/mol. The lowest BCUT2D eigenvalue weighted by molar-refractivity contribution is -0.138. The minimum absolute atomic E-state index is 0.0462. The van der Waals surface area contributed by atoms with Crippen LogP contribution in [-0.2, 0) is 15.1 Å². The van der Waals surface area contributed by atoms with Gasteiger partial charge in [-0.25, -0.2) is 9.18 Å². The van der Waals surface area contributed by atoms with Crippen LogP contribution in [0.4, 0.5) is 9.18 Å². The molecule has 28 heavy (non-hydrogen) atoms. The zero-order valence-electron chi connectivity index (χ0n) is 14.9. The van der Waals surface area contributed by atoms with E-state index < -0.39 is 29.2 Å². The van der Waals surface area contributed by atoms with E-state index in [0.29, 0.717) is 21.9 Å². The molecule has 1 saturated heterocycles. The number of rotatable bonds is 6. The normalized spacial score (nSPS) is 18.9. The molecule has 0 saturated carbocycles. The van der Waals surface area contributed by atoms with Gasteiger partial charge in [0.2, 0.25) is 5.91 Å². The van der Waals surface area contributed by atoms with Gasteiger partial charge in [-0.2, -0.15) is 5.01 Å². The first-order valence-corrected chi connectivity index (χ1v) is 9.83. The maximum absolute atomic E-state index is 13.2. The number of nitrogens with one attached hydrogen (secondary N) is 2. The summed E-state index contributed by atoms with van der Waals surface area (Å²) in [4.78, 5) is 38.1. The molecule has 1 aliphatic heterocycles. The second-order valence-electron chi connectivity index (χ2n) is 6.10. The van der Waals surface area contributed by atoms with E-state index in [1.54, 1.807) is 31.2 Å². The van der Waals surface area contributed by atoms with Crippen LogP contribution in [0.15, 0.2) is 53.4 Å². The maximum atomic E-state index is 13.2. The second kappa shape index (κ2) is 8.20. The number of hydrogen-bond acceptors (Lipinski definition) is 4. The van der Waals surface area contributed by atoms with Gasteiger partial charge < -0.3 is 5.32 Å². The van der Waals surface area contributed by atoms with Crippen molar-refractivity contribution < 1.29 is 18.8 Å². The van der Waals surface area contributed by atoms with Crippen LogP contribution in [0, 0.1) is 5.82 Å². The Morgan fingerprint density at radius 3 is 2.61 bits per heavy atom. The van der Waals surface area contributed by atoms with Crippen LogP contribution >= 0.6 is 23.4 Å². The van der Waals surface area contributed by atoms with Crippen LogP contribution in [0.2, 0.25) is 5.02 Å². The summed E-state index contributed by atoms with van der Waals surface area (Å²) in [6.45, 7) is 1.78. The first kappa shape index (κ1) is 20.2. The summed E-state index contributed by atoms with van der Waals surface area (Å²) in [5, 5.41) is 3.34. The van der Waals surface area contributed by atoms with Crippen LogP contribution in [0.25, 0.3) is 0 Å². The number of carbonyl (C=O) groups is 3. The van der Waals surface area contributed by atoms with Gasteiger partial charge in [0.1, 0.15) is 11.4 Å².